The van der Waals surface area contributed by atoms with Gasteiger partial charge in [0.25, 0.3) is 0 Å². The summed E-state index contributed by atoms with van der Waals surface area (Å²) in [4.78, 5) is 14.8. The van der Waals surface area contributed by atoms with Gasteiger partial charge in [0.2, 0.25) is 0 Å². The lowest BCUT2D eigenvalue weighted by atomic mass is 10.1. The highest BCUT2D eigenvalue weighted by Gasteiger charge is 2.19. The quantitative estimate of drug-likeness (QED) is 0.404. The van der Waals surface area contributed by atoms with Crippen LogP contribution in [0, 0.1) is 0 Å². The number of aryl methyl sites for hydroxylation is 1. The minimum atomic E-state index is 0.682. The van der Waals surface area contributed by atoms with Gasteiger partial charge in [-0.15, -0.1) is 0 Å². The molecule has 0 aliphatic carbocycles. The Morgan fingerprint density at radius 3 is 2.06 bits per heavy atom. The SMILES string of the molecule is CCc1nc(Cc2ccccc2)nc2c1nc(-c1ccccc1)n2Nc1ccccc1. The van der Waals surface area contributed by atoms with Crippen LogP contribution in [0.4, 0.5) is 5.69 Å². The lowest BCUT2D eigenvalue weighted by Crippen LogP contribution is -2.12. The van der Waals surface area contributed by atoms with Crippen LogP contribution in [0.15, 0.2) is 91.0 Å². The van der Waals surface area contributed by atoms with Crippen LogP contribution >= 0.6 is 0 Å². The van der Waals surface area contributed by atoms with E-state index in [9.17, 15) is 0 Å². The number of imidazole rings is 1. The number of anilines is 1. The zero-order chi connectivity index (χ0) is 21.0. The second-order valence-electron chi connectivity index (χ2n) is 7.39. The van der Waals surface area contributed by atoms with Gasteiger partial charge in [-0.3, -0.25) is 5.43 Å². The Labute approximate surface area is 181 Å². The summed E-state index contributed by atoms with van der Waals surface area (Å²) in [5, 5.41) is 0. The molecule has 5 aromatic rings. The van der Waals surface area contributed by atoms with Crippen molar-refractivity contribution >= 4 is 16.9 Å². The number of fused-ring (bicyclic) bond motifs is 1. The van der Waals surface area contributed by atoms with E-state index in [2.05, 4.69) is 36.6 Å². The highest BCUT2D eigenvalue weighted by Crippen LogP contribution is 2.26. The molecule has 0 fully saturated rings. The Morgan fingerprint density at radius 1 is 0.742 bits per heavy atom. The molecule has 5 heteroatoms. The van der Waals surface area contributed by atoms with E-state index >= 15 is 0 Å². The Bertz CT molecular complexity index is 1300. The van der Waals surface area contributed by atoms with Gasteiger partial charge in [0.1, 0.15) is 11.3 Å². The average molecular weight is 406 g/mol. The van der Waals surface area contributed by atoms with E-state index in [0.717, 1.165) is 46.2 Å². The van der Waals surface area contributed by atoms with Crippen LogP contribution in [0.5, 0.6) is 0 Å². The lowest BCUT2D eigenvalue weighted by molar-refractivity contribution is 0.907. The number of para-hydroxylation sites is 1. The van der Waals surface area contributed by atoms with E-state index in [1.54, 1.807) is 0 Å². The van der Waals surface area contributed by atoms with Crippen LogP contribution < -0.4 is 5.43 Å². The number of nitrogens with one attached hydrogen (secondary N) is 1. The third-order valence-electron chi connectivity index (χ3n) is 5.21. The molecule has 0 amide bonds. The molecule has 0 spiro atoms. The number of nitrogens with zero attached hydrogens (tertiary/aromatic N) is 4. The fourth-order valence-electron chi connectivity index (χ4n) is 3.70. The van der Waals surface area contributed by atoms with Gasteiger partial charge >= 0.3 is 0 Å². The van der Waals surface area contributed by atoms with E-state index in [1.807, 2.05) is 71.4 Å². The van der Waals surface area contributed by atoms with Crippen LogP contribution in [-0.2, 0) is 12.8 Å². The van der Waals surface area contributed by atoms with Gasteiger partial charge in [-0.05, 0) is 24.1 Å². The number of hydrogen-bond acceptors (Lipinski definition) is 4. The van der Waals surface area contributed by atoms with Crippen molar-refractivity contribution in [3.05, 3.63) is 108 Å². The van der Waals surface area contributed by atoms with Crippen molar-refractivity contribution in [1.82, 2.24) is 19.6 Å². The number of aromatic nitrogens is 4. The van der Waals surface area contributed by atoms with Gasteiger partial charge in [-0.2, -0.15) is 0 Å². The van der Waals surface area contributed by atoms with Crippen LogP contribution in [0.2, 0.25) is 0 Å². The molecule has 5 rings (SSSR count). The fourth-order valence-corrected chi connectivity index (χ4v) is 3.70. The van der Waals surface area contributed by atoms with E-state index < -0.39 is 0 Å². The average Bonchev–Trinajstić information content (AvgIpc) is 3.19. The maximum atomic E-state index is 4.97. The number of benzene rings is 3. The van der Waals surface area contributed by atoms with Gasteiger partial charge in [-0.25, -0.2) is 19.6 Å². The highest BCUT2D eigenvalue weighted by molar-refractivity contribution is 5.80. The zero-order valence-electron chi connectivity index (χ0n) is 17.4. The second-order valence-corrected chi connectivity index (χ2v) is 7.39. The predicted octanol–water partition coefficient (Wildman–Crippen LogP) is 5.52. The van der Waals surface area contributed by atoms with Crippen LogP contribution in [0.3, 0.4) is 0 Å². The molecule has 0 bridgehead atoms. The number of hydrogen-bond donors (Lipinski definition) is 1. The molecule has 0 radical (unpaired) electrons. The third-order valence-corrected chi connectivity index (χ3v) is 5.21. The molecule has 0 saturated heterocycles. The minimum Gasteiger partial charge on any atom is -0.291 e. The molecule has 152 valence electrons. The molecule has 5 nitrogen and oxygen atoms in total. The summed E-state index contributed by atoms with van der Waals surface area (Å²) in [5.74, 6) is 1.62. The number of rotatable bonds is 6. The first-order chi connectivity index (χ1) is 15.3. The largest absolute Gasteiger partial charge is 0.291 e. The predicted molar refractivity (Wildman–Crippen MR) is 125 cm³/mol. The zero-order valence-corrected chi connectivity index (χ0v) is 17.4. The lowest BCUT2D eigenvalue weighted by Gasteiger charge is -2.12. The van der Waals surface area contributed by atoms with Gasteiger partial charge in [0.15, 0.2) is 11.5 Å². The molecule has 3 aromatic carbocycles. The Morgan fingerprint density at radius 2 is 1.39 bits per heavy atom. The second kappa shape index (κ2) is 8.40. The third kappa shape index (κ3) is 3.90. The summed E-state index contributed by atoms with van der Waals surface area (Å²) in [6, 6.07) is 30.6. The summed E-state index contributed by atoms with van der Waals surface area (Å²) in [6.07, 6.45) is 1.47. The van der Waals surface area contributed by atoms with Gasteiger partial charge < -0.3 is 0 Å². The normalized spacial score (nSPS) is 11.0. The van der Waals surface area contributed by atoms with Crippen molar-refractivity contribution in [2.75, 3.05) is 5.43 Å². The molecule has 0 unspecified atom stereocenters. The minimum absolute atomic E-state index is 0.682. The molecule has 0 aliphatic heterocycles. The summed E-state index contributed by atoms with van der Waals surface area (Å²) in [5.41, 5.74) is 9.27. The Kier molecular flexibility index (Phi) is 5.15. The molecule has 0 saturated carbocycles. The van der Waals surface area contributed by atoms with Crippen LogP contribution in [-0.4, -0.2) is 19.6 Å². The molecule has 1 N–H and O–H groups in total. The fraction of sp³-hybridized carbons (Fsp3) is 0.115. The first-order valence-corrected chi connectivity index (χ1v) is 10.5. The van der Waals surface area contributed by atoms with E-state index in [1.165, 1.54) is 5.56 Å². The van der Waals surface area contributed by atoms with Crippen molar-refractivity contribution in [3.63, 3.8) is 0 Å². The van der Waals surface area contributed by atoms with E-state index in [0.29, 0.717) is 6.42 Å². The molecule has 0 atom stereocenters. The molecular formula is C26H23N5. The smallest absolute Gasteiger partial charge is 0.183 e. The van der Waals surface area contributed by atoms with Crippen molar-refractivity contribution in [1.29, 1.82) is 0 Å². The van der Waals surface area contributed by atoms with E-state index in [-0.39, 0.29) is 0 Å². The molecule has 0 aliphatic rings. The van der Waals surface area contributed by atoms with Crippen molar-refractivity contribution in [2.24, 2.45) is 0 Å². The van der Waals surface area contributed by atoms with Crippen molar-refractivity contribution in [3.8, 4) is 11.4 Å². The molecule has 31 heavy (non-hydrogen) atoms. The Balaban J connectivity index is 1.70. The molecular weight excluding hydrogens is 382 g/mol. The highest BCUT2D eigenvalue weighted by atomic mass is 15.5. The summed E-state index contributed by atoms with van der Waals surface area (Å²) < 4.78 is 1.98. The summed E-state index contributed by atoms with van der Waals surface area (Å²) >= 11 is 0. The van der Waals surface area contributed by atoms with Gasteiger partial charge in [0, 0.05) is 12.0 Å². The van der Waals surface area contributed by atoms with Crippen LogP contribution in [0.25, 0.3) is 22.6 Å². The van der Waals surface area contributed by atoms with Gasteiger partial charge in [-0.1, -0.05) is 85.8 Å². The standard InChI is InChI=1S/C26H23N5/c1-2-22-24-26(28-23(27-22)18-19-12-6-3-7-13-19)31(30-21-16-10-5-11-17-21)25(29-24)20-14-8-4-9-15-20/h3-17,30H,2,18H2,1H3. The maximum absolute atomic E-state index is 4.97. The monoisotopic (exact) mass is 405 g/mol. The first-order valence-electron chi connectivity index (χ1n) is 10.5. The van der Waals surface area contributed by atoms with Crippen LogP contribution in [0.1, 0.15) is 24.0 Å². The summed E-state index contributed by atoms with van der Waals surface area (Å²) in [6.45, 7) is 2.11. The van der Waals surface area contributed by atoms with E-state index in [4.69, 9.17) is 15.0 Å². The van der Waals surface area contributed by atoms with Crippen molar-refractivity contribution < 1.29 is 0 Å². The Hall–Kier alpha value is -3.99. The first kappa shape index (κ1) is 19.0. The topological polar surface area (TPSA) is 55.6 Å². The maximum Gasteiger partial charge on any atom is 0.183 e. The molecule has 2 heterocycles. The molecule has 2 aromatic heterocycles. The summed E-state index contributed by atoms with van der Waals surface area (Å²) in [7, 11) is 0. The van der Waals surface area contributed by atoms with Crippen molar-refractivity contribution in [2.45, 2.75) is 19.8 Å². The van der Waals surface area contributed by atoms with Gasteiger partial charge in [0.05, 0.1) is 11.4 Å².